The number of fused-ring (bicyclic) bond motifs is 3. The van der Waals surface area contributed by atoms with Crippen LogP contribution in [0.25, 0.3) is 0 Å². The molecular weight excluding hydrogens is 506 g/mol. The number of carbonyl (C=O) groups excluding carboxylic acids is 3. The van der Waals surface area contributed by atoms with Crippen molar-refractivity contribution in [2.75, 3.05) is 39.6 Å². The topological polar surface area (TPSA) is 203 Å². The van der Waals surface area contributed by atoms with E-state index in [4.69, 9.17) is 11.5 Å². The number of nitrogens with two attached hydrogens (primary N) is 2. The summed E-state index contributed by atoms with van der Waals surface area (Å²) in [7, 11) is 6.82. The molecule has 12 heteroatoms. The van der Waals surface area contributed by atoms with E-state index in [1.54, 1.807) is 20.2 Å². The summed E-state index contributed by atoms with van der Waals surface area (Å²) >= 11 is 0. The number of nitrogens with zero attached hydrogens (tertiary/aromatic N) is 2. The van der Waals surface area contributed by atoms with Gasteiger partial charge in [0.15, 0.2) is 11.4 Å². The number of amides is 1. The number of ketones is 2. The molecule has 9 N–H and O–H groups in total. The van der Waals surface area contributed by atoms with Gasteiger partial charge in [0.25, 0.3) is 5.91 Å². The van der Waals surface area contributed by atoms with Crippen LogP contribution >= 0.6 is 0 Å². The maximum atomic E-state index is 14.0. The van der Waals surface area contributed by atoms with Gasteiger partial charge in [0.1, 0.15) is 22.8 Å². The number of aromatic hydroxyl groups is 1. The van der Waals surface area contributed by atoms with E-state index in [0.29, 0.717) is 23.4 Å². The number of nitrogens with one attached hydrogen (secondary N) is 1. The molecule has 3 aliphatic rings. The summed E-state index contributed by atoms with van der Waals surface area (Å²) in [6.45, 7) is 2.53. The Labute approximate surface area is 226 Å². The molecule has 0 spiro atoms. The average Bonchev–Trinajstić information content (AvgIpc) is 2.81. The molecule has 5 atom stereocenters. The first-order valence-corrected chi connectivity index (χ1v) is 12.8. The quantitative estimate of drug-likeness (QED) is 0.221. The third kappa shape index (κ3) is 4.27. The van der Waals surface area contributed by atoms with Crippen LogP contribution in [-0.4, -0.2) is 95.2 Å². The lowest BCUT2D eigenvalue weighted by Crippen LogP contribution is -2.63. The number of primary amides is 1. The predicted octanol–water partition coefficient (Wildman–Crippen LogP) is -0.377. The van der Waals surface area contributed by atoms with Crippen molar-refractivity contribution in [2.24, 2.45) is 23.3 Å². The zero-order valence-corrected chi connectivity index (χ0v) is 22.8. The molecule has 1 aromatic carbocycles. The molecule has 4 rings (SSSR count). The van der Waals surface area contributed by atoms with E-state index < -0.39 is 58.0 Å². The smallest absolute Gasteiger partial charge is 0.255 e. The first kappa shape index (κ1) is 28.6. The highest BCUT2D eigenvalue weighted by Gasteiger charge is 2.63. The van der Waals surface area contributed by atoms with Gasteiger partial charge in [0, 0.05) is 56.0 Å². The largest absolute Gasteiger partial charge is 0.510 e. The van der Waals surface area contributed by atoms with Crippen LogP contribution in [0.4, 0.5) is 5.69 Å². The first-order valence-electron chi connectivity index (χ1n) is 12.8. The molecule has 0 heterocycles. The molecule has 1 aromatic rings. The van der Waals surface area contributed by atoms with Crippen molar-refractivity contribution in [2.45, 2.75) is 44.0 Å². The van der Waals surface area contributed by atoms with Crippen molar-refractivity contribution in [3.8, 4) is 5.75 Å². The number of anilines is 1. The number of hydrogen-bond acceptors (Lipinski definition) is 11. The third-order valence-electron chi connectivity index (χ3n) is 8.04. The van der Waals surface area contributed by atoms with Crippen LogP contribution in [0, 0.1) is 11.8 Å². The Balaban J connectivity index is 1.91. The molecule has 212 valence electrons. The number of hydrogen-bond donors (Lipinski definition) is 7. The van der Waals surface area contributed by atoms with E-state index in [1.807, 2.05) is 25.9 Å². The maximum absolute atomic E-state index is 14.0. The second-order valence-electron chi connectivity index (χ2n) is 11.2. The molecular formula is C27H37N5O7. The lowest BCUT2D eigenvalue weighted by Gasteiger charge is -2.50. The summed E-state index contributed by atoms with van der Waals surface area (Å²) in [6, 6.07) is 0.635. The van der Waals surface area contributed by atoms with Gasteiger partial charge in [0.05, 0.1) is 11.6 Å². The van der Waals surface area contributed by atoms with Crippen LogP contribution in [0.3, 0.4) is 0 Å². The molecule has 0 aromatic heterocycles. The Bertz CT molecular complexity index is 1320. The molecule has 12 nitrogen and oxygen atoms in total. The van der Waals surface area contributed by atoms with Gasteiger partial charge >= 0.3 is 0 Å². The van der Waals surface area contributed by atoms with Crippen LogP contribution in [-0.2, 0) is 22.6 Å². The second kappa shape index (κ2) is 9.94. The molecule has 0 aliphatic heterocycles. The number of likely N-dealkylation sites (N-methyl/N-ethyl adjacent to an activating group) is 1. The highest BCUT2D eigenvalue weighted by molar-refractivity contribution is 6.24. The zero-order chi connectivity index (χ0) is 29.1. The molecule has 0 radical (unpaired) electrons. The summed E-state index contributed by atoms with van der Waals surface area (Å²) in [6.07, 6.45) is 0.264. The Morgan fingerprint density at radius 1 is 1.21 bits per heavy atom. The minimum absolute atomic E-state index is 0.0143. The van der Waals surface area contributed by atoms with Crippen molar-refractivity contribution in [3.05, 3.63) is 45.4 Å². The molecule has 0 bridgehead atoms. The van der Waals surface area contributed by atoms with Gasteiger partial charge in [-0.3, -0.25) is 19.3 Å². The number of carbonyl (C=O) groups is 3. The van der Waals surface area contributed by atoms with Gasteiger partial charge in [-0.1, -0.05) is 0 Å². The summed E-state index contributed by atoms with van der Waals surface area (Å²) in [4.78, 5) is 42.9. The van der Waals surface area contributed by atoms with E-state index in [1.165, 1.54) is 4.90 Å². The van der Waals surface area contributed by atoms with Crippen LogP contribution in [0.1, 0.15) is 34.8 Å². The number of aliphatic hydroxyl groups excluding tert-OH is 2. The van der Waals surface area contributed by atoms with E-state index in [-0.39, 0.29) is 42.3 Å². The minimum Gasteiger partial charge on any atom is -0.510 e. The number of phenols is 1. The van der Waals surface area contributed by atoms with E-state index >= 15 is 0 Å². The van der Waals surface area contributed by atoms with Gasteiger partial charge in [-0.25, -0.2) is 0 Å². The number of phenolic OH excluding ortho intramolecular Hbond substituents is 1. The molecule has 0 fully saturated rings. The predicted molar refractivity (Wildman–Crippen MR) is 143 cm³/mol. The zero-order valence-electron chi connectivity index (χ0n) is 22.8. The van der Waals surface area contributed by atoms with Crippen molar-refractivity contribution in [1.29, 1.82) is 0 Å². The Morgan fingerprint density at radius 2 is 1.85 bits per heavy atom. The number of Topliss-reactive ketones (excluding diaryl/α,β-unsaturated/α-hetero) is 2. The fourth-order valence-electron chi connectivity index (χ4n) is 6.32. The highest BCUT2D eigenvalue weighted by Crippen LogP contribution is 2.53. The Kier molecular flexibility index (Phi) is 7.28. The van der Waals surface area contributed by atoms with Crippen LogP contribution < -0.4 is 21.7 Å². The standard InChI is InChI=1S/C27H37N5O7/c1-11(28)9-30-10-13-8-16(31(2)3)14-6-12-7-15-20(32(4)5)23(35)19(26(29)38)25(37)27(15,39)24(36)17(12)22(34)18(14)21(13)33/h8,11-12,15,20,30,33,35-36,39H,6-7,9-10,28H2,1-5H3,(H2,29,38)/t11?,12-,15-,20?,27-/m0/s1. The van der Waals surface area contributed by atoms with Crippen molar-refractivity contribution >= 4 is 23.2 Å². The number of allylic oxidation sites excluding steroid dienone is 1. The van der Waals surface area contributed by atoms with Crippen molar-refractivity contribution in [1.82, 2.24) is 10.2 Å². The molecule has 3 aliphatic carbocycles. The fraction of sp³-hybridized carbons (Fsp3) is 0.519. The monoisotopic (exact) mass is 543 g/mol. The summed E-state index contributed by atoms with van der Waals surface area (Å²) in [5.41, 5.74) is 9.22. The number of aliphatic hydroxyl groups is 3. The lowest BCUT2D eigenvalue weighted by atomic mass is 9.58. The van der Waals surface area contributed by atoms with E-state index in [0.717, 1.165) is 0 Å². The van der Waals surface area contributed by atoms with Crippen LogP contribution in [0.15, 0.2) is 28.7 Å². The van der Waals surface area contributed by atoms with E-state index in [2.05, 4.69) is 5.32 Å². The molecule has 1 amide bonds. The summed E-state index contributed by atoms with van der Waals surface area (Å²) in [5.74, 6) is -6.66. The third-order valence-corrected chi connectivity index (χ3v) is 8.04. The van der Waals surface area contributed by atoms with Gasteiger partial charge in [-0.05, 0) is 51.4 Å². The van der Waals surface area contributed by atoms with Crippen LogP contribution in [0.2, 0.25) is 0 Å². The number of rotatable bonds is 7. The normalized spacial score (nSPS) is 27.3. The maximum Gasteiger partial charge on any atom is 0.255 e. The summed E-state index contributed by atoms with van der Waals surface area (Å²) < 4.78 is 0. The first-order chi connectivity index (χ1) is 18.1. The fourth-order valence-corrected chi connectivity index (χ4v) is 6.32. The van der Waals surface area contributed by atoms with Crippen molar-refractivity contribution < 1.29 is 34.8 Å². The Morgan fingerprint density at radius 3 is 2.38 bits per heavy atom. The molecule has 39 heavy (non-hydrogen) atoms. The van der Waals surface area contributed by atoms with Gasteiger partial charge in [-0.15, -0.1) is 0 Å². The molecule has 0 saturated heterocycles. The summed E-state index contributed by atoms with van der Waals surface area (Å²) in [5, 5.41) is 48.4. The minimum atomic E-state index is -2.67. The van der Waals surface area contributed by atoms with Gasteiger partial charge in [0.2, 0.25) is 5.78 Å². The SMILES string of the molecule is CC(N)CNCc1cc(N(C)C)c2c(c1O)C(=O)C1=C(O)[C@]3(O)C(=O)C(C(N)=O)=C(O)C(N(C)C)[C@@H]3C[C@@H]1C2. The Hall–Kier alpha value is -3.45. The lowest BCUT2D eigenvalue weighted by molar-refractivity contribution is -0.148. The van der Waals surface area contributed by atoms with Gasteiger partial charge < -0.3 is 42.1 Å². The van der Waals surface area contributed by atoms with E-state index in [9.17, 15) is 34.8 Å². The van der Waals surface area contributed by atoms with Crippen molar-refractivity contribution in [3.63, 3.8) is 0 Å². The second-order valence-corrected chi connectivity index (χ2v) is 11.2. The highest BCUT2D eigenvalue weighted by atomic mass is 16.3. The molecule has 2 unspecified atom stereocenters. The van der Waals surface area contributed by atoms with Gasteiger partial charge in [-0.2, -0.15) is 0 Å². The average molecular weight is 544 g/mol. The number of benzene rings is 1. The molecule has 0 saturated carbocycles. The van der Waals surface area contributed by atoms with Crippen LogP contribution in [0.5, 0.6) is 5.75 Å².